The first-order chi connectivity index (χ1) is 9.70. The summed E-state index contributed by atoms with van der Waals surface area (Å²) in [5.41, 5.74) is 2.01. The average Bonchev–Trinajstić information content (AvgIpc) is 2.82. The van der Waals surface area contributed by atoms with Gasteiger partial charge in [-0.3, -0.25) is 9.38 Å². The highest BCUT2D eigenvalue weighted by molar-refractivity contribution is 5.36. The first-order valence-corrected chi connectivity index (χ1v) is 7.28. The summed E-state index contributed by atoms with van der Waals surface area (Å²) in [4.78, 5) is 8.38. The fourth-order valence-electron chi connectivity index (χ4n) is 2.58. The Balaban J connectivity index is 1.88. The van der Waals surface area contributed by atoms with Crippen molar-refractivity contribution in [2.24, 2.45) is 11.8 Å². The maximum Gasteiger partial charge on any atom is 0.155 e. The monoisotopic (exact) mass is 276 g/mol. The number of imidazole rings is 1. The number of nitrogens with zero attached hydrogens (tertiary/aromatic N) is 3. The largest absolute Gasteiger partial charge is 0.396 e. The van der Waals surface area contributed by atoms with E-state index >= 15 is 0 Å². The molecule has 2 heterocycles. The van der Waals surface area contributed by atoms with Crippen molar-refractivity contribution in [1.82, 2.24) is 19.7 Å². The molecule has 0 saturated carbocycles. The Morgan fingerprint density at radius 2 is 2.20 bits per heavy atom. The Bertz CT molecular complexity index is 523. The van der Waals surface area contributed by atoms with Gasteiger partial charge in [0, 0.05) is 25.5 Å². The second kappa shape index (κ2) is 7.36. The van der Waals surface area contributed by atoms with E-state index in [4.69, 9.17) is 5.11 Å². The van der Waals surface area contributed by atoms with Gasteiger partial charge in [-0.25, -0.2) is 4.98 Å². The molecule has 0 aliphatic rings. The van der Waals surface area contributed by atoms with Crippen LogP contribution in [0.15, 0.2) is 24.8 Å². The van der Waals surface area contributed by atoms with E-state index in [1.807, 2.05) is 16.8 Å². The van der Waals surface area contributed by atoms with Crippen molar-refractivity contribution in [1.29, 1.82) is 0 Å². The molecule has 1 unspecified atom stereocenters. The van der Waals surface area contributed by atoms with Gasteiger partial charge in [-0.2, -0.15) is 0 Å². The normalized spacial score (nSPS) is 13.2. The lowest BCUT2D eigenvalue weighted by atomic mass is 9.94. The Morgan fingerprint density at radius 1 is 1.35 bits per heavy atom. The highest BCUT2D eigenvalue weighted by Gasteiger charge is 2.10. The topological polar surface area (TPSA) is 62.5 Å². The third-order valence-electron chi connectivity index (χ3n) is 3.48. The van der Waals surface area contributed by atoms with Gasteiger partial charge in [0.1, 0.15) is 0 Å². The quantitative estimate of drug-likeness (QED) is 0.772. The SMILES string of the molecule is CC(C)CC(CCO)CNCc1cnc2cnccn12. The van der Waals surface area contributed by atoms with E-state index in [1.54, 1.807) is 12.4 Å². The minimum Gasteiger partial charge on any atom is -0.396 e. The second-order valence-electron chi connectivity index (χ2n) is 5.69. The van der Waals surface area contributed by atoms with E-state index in [1.165, 1.54) is 0 Å². The van der Waals surface area contributed by atoms with Gasteiger partial charge in [0.05, 0.1) is 18.1 Å². The van der Waals surface area contributed by atoms with Crippen molar-refractivity contribution < 1.29 is 5.11 Å². The third kappa shape index (κ3) is 4.02. The van der Waals surface area contributed by atoms with Crippen molar-refractivity contribution in [3.63, 3.8) is 0 Å². The zero-order valence-electron chi connectivity index (χ0n) is 12.3. The van der Waals surface area contributed by atoms with Crippen molar-refractivity contribution in [3.8, 4) is 0 Å². The maximum absolute atomic E-state index is 9.13. The van der Waals surface area contributed by atoms with Crippen LogP contribution in [0.5, 0.6) is 0 Å². The first kappa shape index (κ1) is 14.9. The summed E-state index contributed by atoms with van der Waals surface area (Å²) < 4.78 is 2.05. The maximum atomic E-state index is 9.13. The molecule has 0 aliphatic carbocycles. The summed E-state index contributed by atoms with van der Waals surface area (Å²) in [7, 11) is 0. The average molecular weight is 276 g/mol. The molecule has 0 saturated heterocycles. The molecule has 0 radical (unpaired) electrons. The predicted octanol–water partition coefficient (Wildman–Crippen LogP) is 1.86. The predicted molar refractivity (Wildman–Crippen MR) is 79.3 cm³/mol. The molecule has 5 heteroatoms. The molecule has 2 aromatic heterocycles. The number of aliphatic hydroxyl groups is 1. The molecule has 2 rings (SSSR count). The van der Waals surface area contributed by atoms with Crippen LogP contribution in [0.25, 0.3) is 5.65 Å². The van der Waals surface area contributed by atoms with Gasteiger partial charge in [-0.05, 0) is 31.2 Å². The third-order valence-corrected chi connectivity index (χ3v) is 3.48. The Morgan fingerprint density at radius 3 is 2.95 bits per heavy atom. The molecular weight excluding hydrogens is 252 g/mol. The molecule has 110 valence electrons. The zero-order chi connectivity index (χ0) is 14.4. The smallest absolute Gasteiger partial charge is 0.155 e. The van der Waals surface area contributed by atoms with E-state index < -0.39 is 0 Å². The highest BCUT2D eigenvalue weighted by Crippen LogP contribution is 2.14. The lowest BCUT2D eigenvalue weighted by molar-refractivity contribution is 0.239. The lowest BCUT2D eigenvalue weighted by Crippen LogP contribution is -2.25. The number of hydrogen-bond donors (Lipinski definition) is 2. The van der Waals surface area contributed by atoms with Crippen LogP contribution in [0.3, 0.4) is 0 Å². The van der Waals surface area contributed by atoms with Crippen molar-refractivity contribution in [2.45, 2.75) is 33.2 Å². The highest BCUT2D eigenvalue weighted by atomic mass is 16.3. The number of fused-ring (bicyclic) bond motifs is 1. The fourth-order valence-corrected chi connectivity index (χ4v) is 2.58. The molecule has 2 aromatic rings. The van der Waals surface area contributed by atoms with E-state index in [2.05, 4.69) is 29.1 Å². The first-order valence-electron chi connectivity index (χ1n) is 7.28. The van der Waals surface area contributed by atoms with Gasteiger partial charge in [0.15, 0.2) is 5.65 Å². The molecule has 0 aromatic carbocycles. The van der Waals surface area contributed by atoms with Crippen LogP contribution >= 0.6 is 0 Å². The van der Waals surface area contributed by atoms with Crippen LogP contribution in [-0.4, -0.2) is 32.6 Å². The van der Waals surface area contributed by atoms with E-state index in [0.29, 0.717) is 11.8 Å². The van der Waals surface area contributed by atoms with Crippen LogP contribution in [0.1, 0.15) is 32.4 Å². The van der Waals surface area contributed by atoms with Crippen LogP contribution in [0, 0.1) is 11.8 Å². The lowest BCUT2D eigenvalue weighted by Gasteiger charge is -2.18. The summed E-state index contributed by atoms with van der Waals surface area (Å²) in [6, 6.07) is 0. The molecule has 0 fully saturated rings. The van der Waals surface area contributed by atoms with Gasteiger partial charge in [-0.15, -0.1) is 0 Å². The Hall–Kier alpha value is -1.46. The van der Waals surface area contributed by atoms with Crippen LogP contribution in [0.2, 0.25) is 0 Å². The van der Waals surface area contributed by atoms with Crippen LogP contribution < -0.4 is 5.32 Å². The summed E-state index contributed by atoms with van der Waals surface area (Å²) >= 11 is 0. The number of nitrogens with one attached hydrogen (secondary N) is 1. The van der Waals surface area contributed by atoms with Gasteiger partial charge in [0.2, 0.25) is 0 Å². The van der Waals surface area contributed by atoms with E-state index in [9.17, 15) is 0 Å². The van der Waals surface area contributed by atoms with Crippen molar-refractivity contribution >= 4 is 5.65 Å². The summed E-state index contributed by atoms with van der Waals surface area (Å²) in [6.45, 7) is 6.42. The Labute approximate surface area is 120 Å². The minimum atomic E-state index is 0.264. The number of aliphatic hydroxyl groups excluding tert-OH is 1. The van der Waals surface area contributed by atoms with Crippen molar-refractivity contribution in [3.05, 3.63) is 30.5 Å². The van der Waals surface area contributed by atoms with Gasteiger partial charge >= 0.3 is 0 Å². The molecule has 0 bridgehead atoms. The molecule has 2 N–H and O–H groups in total. The molecular formula is C15H24N4O. The Kier molecular flexibility index (Phi) is 5.49. The zero-order valence-corrected chi connectivity index (χ0v) is 12.3. The second-order valence-corrected chi connectivity index (χ2v) is 5.69. The summed E-state index contributed by atoms with van der Waals surface area (Å²) in [6.07, 6.45) is 9.35. The standard InChI is InChI=1S/C15H24N4O/c1-12(2)7-13(3-6-20)8-17-9-14-10-18-15-11-16-4-5-19(14)15/h4-5,10-13,17,20H,3,6-9H2,1-2H3. The molecule has 0 spiro atoms. The molecule has 0 amide bonds. The number of hydrogen-bond acceptors (Lipinski definition) is 4. The number of aromatic nitrogens is 3. The molecule has 5 nitrogen and oxygen atoms in total. The van der Waals surface area contributed by atoms with Gasteiger partial charge < -0.3 is 10.4 Å². The summed E-state index contributed by atoms with van der Waals surface area (Å²) in [5.74, 6) is 1.19. The summed E-state index contributed by atoms with van der Waals surface area (Å²) in [5, 5.41) is 12.6. The van der Waals surface area contributed by atoms with E-state index in [0.717, 1.165) is 37.3 Å². The minimum absolute atomic E-state index is 0.264. The van der Waals surface area contributed by atoms with Gasteiger partial charge in [-0.1, -0.05) is 13.8 Å². The van der Waals surface area contributed by atoms with E-state index in [-0.39, 0.29) is 6.61 Å². The number of rotatable bonds is 8. The molecule has 1 atom stereocenters. The van der Waals surface area contributed by atoms with Crippen LogP contribution in [0.4, 0.5) is 0 Å². The van der Waals surface area contributed by atoms with Gasteiger partial charge in [0.25, 0.3) is 0 Å². The fraction of sp³-hybridized carbons (Fsp3) is 0.600. The molecule has 20 heavy (non-hydrogen) atoms. The van der Waals surface area contributed by atoms with Crippen molar-refractivity contribution in [2.75, 3.05) is 13.2 Å². The molecule has 0 aliphatic heterocycles. The van der Waals surface area contributed by atoms with Crippen LogP contribution in [-0.2, 0) is 6.54 Å².